The molecule has 1 heterocycles. The third kappa shape index (κ3) is 5.98. The lowest BCUT2D eigenvalue weighted by atomic mass is 10.0. The number of morpholine rings is 1. The number of carbonyl (C=O) groups is 1. The Hall–Kier alpha value is -2.54. The number of benzene rings is 2. The van der Waals surface area contributed by atoms with Crippen molar-refractivity contribution in [3.8, 4) is 0 Å². The van der Waals surface area contributed by atoms with Crippen molar-refractivity contribution in [1.29, 1.82) is 0 Å². The van der Waals surface area contributed by atoms with Gasteiger partial charge in [-0.05, 0) is 30.7 Å². The molecule has 0 radical (unpaired) electrons. The molecule has 0 unspecified atom stereocenters. The molecule has 0 aromatic heterocycles. The van der Waals surface area contributed by atoms with Crippen LogP contribution in [0.25, 0.3) is 5.57 Å². The third-order valence-electron chi connectivity index (χ3n) is 4.38. The van der Waals surface area contributed by atoms with E-state index >= 15 is 0 Å². The van der Waals surface area contributed by atoms with E-state index in [0.29, 0.717) is 34.5 Å². The second kappa shape index (κ2) is 11.0. The lowest BCUT2D eigenvalue weighted by molar-refractivity contribution is -0.134. The summed E-state index contributed by atoms with van der Waals surface area (Å²) >= 11 is 12.1. The Labute approximate surface area is 186 Å². The van der Waals surface area contributed by atoms with Crippen LogP contribution < -0.4 is 5.43 Å². The van der Waals surface area contributed by atoms with E-state index in [9.17, 15) is 4.79 Å². The van der Waals surface area contributed by atoms with Crippen LogP contribution in [0.5, 0.6) is 0 Å². The average molecular weight is 448 g/mol. The van der Waals surface area contributed by atoms with E-state index < -0.39 is 5.97 Å². The summed E-state index contributed by atoms with van der Waals surface area (Å²) in [5.41, 5.74) is 5.18. The third-order valence-corrected chi connectivity index (χ3v) is 5.12. The van der Waals surface area contributed by atoms with Gasteiger partial charge in [0, 0.05) is 24.9 Å². The van der Waals surface area contributed by atoms with Gasteiger partial charge in [0.15, 0.2) is 5.71 Å². The largest absolute Gasteiger partial charge is 0.461 e. The SMILES string of the molecule is CCOC(=O)C(=NNc1ccc(Cl)c(Cl)c1)C(=CN1CCOCC1)c1ccccc1. The van der Waals surface area contributed by atoms with E-state index in [1.807, 2.05) is 36.5 Å². The maximum Gasteiger partial charge on any atom is 0.359 e. The summed E-state index contributed by atoms with van der Waals surface area (Å²) in [6.07, 6.45) is 1.93. The summed E-state index contributed by atoms with van der Waals surface area (Å²) in [5.74, 6) is -0.520. The number of halogens is 2. The zero-order chi connectivity index (χ0) is 21.3. The Morgan fingerprint density at radius 1 is 1.17 bits per heavy atom. The smallest absolute Gasteiger partial charge is 0.359 e. The molecule has 8 heteroatoms. The van der Waals surface area contributed by atoms with Crippen LogP contribution >= 0.6 is 23.2 Å². The molecule has 1 fully saturated rings. The van der Waals surface area contributed by atoms with Crippen LogP contribution in [-0.2, 0) is 14.3 Å². The molecular weight excluding hydrogens is 425 g/mol. The summed E-state index contributed by atoms with van der Waals surface area (Å²) < 4.78 is 10.7. The van der Waals surface area contributed by atoms with Crippen LogP contribution in [0.3, 0.4) is 0 Å². The Kier molecular flexibility index (Phi) is 8.13. The van der Waals surface area contributed by atoms with Crippen molar-refractivity contribution in [2.24, 2.45) is 5.10 Å². The summed E-state index contributed by atoms with van der Waals surface area (Å²) in [6, 6.07) is 14.6. The molecule has 1 saturated heterocycles. The number of nitrogens with zero attached hydrogens (tertiary/aromatic N) is 2. The molecule has 0 atom stereocenters. The first-order chi connectivity index (χ1) is 14.6. The molecule has 0 aliphatic carbocycles. The molecule has 0 saturated carbocycles. The Balaban J connectivity index is 2.00. The first-order valence-corrected chi connectivity index (χ1v) is 10.4. The molecule has 1 N–H and O–H groups in total. The van der Waals surface area contributed by atoms with Gasteiger partial charge in [0.05, 0.1) is 35.6 Å². The van der Waals surface area contributed by atoms with Crippen LogP contribution in [0.2, 0.25) is 10.0 Å². The molecular formula is C22H23Cl2N3O3. The van der Waals surface area contributed by atoms with Crippen LogP contribution in [0.4, 0.5) is 5.69 Å². The zero-order valence-electron chi connectivity index (χ0n) is 16.6. The summed E-state index contributed by atoms with van der Waals surface area (Å²) in [7, 11) is 0. The van der Waals surface area contributed by atoms with Gasteiger partial charge in [-0.3, -0.25) is 5.43 Å². The van der Waals surface area contributed by atoms with Gasteiger partial charge >= 0.3 is 5.97 Å². The Morgan fingerprint density at radius 2 is 1.90 bits per heavy atom. The maximum absolute atomic E-state index is 12.8. The number of ether oxygens (including phenoxy) is 2. The lowest BCUT2D eigenvalue weighted by Crippen LogP contribution is -2.33. The second-order valence-electron chi connectivity index (χ2n) is 6.48. The van der Waals surface area contributed by atoms with E-state index in [0.717, 1.165) is 18.7 Å². The highest BCUT2D eigenvalue weighted by molar-refractivity contribution is 6.54. The summed E-state index contributed by atoms with van der Waals surface area (Å²) in [6.45, 7) is 4.72. The molecule has 1 aliphatic heterocycles. The number of hydrogen-bond donors (Lipinski definition) is 1. The maximum atomic E-state index is 12.8. The normalized spacial score (nSPS) is 15.1. The predicted octanol–water partition coefficient (Wildman–Crippen LogP) is 4.70. The first kappa shape index (κ1) is 22.2. The van der Waals surface area contributed by atoms with Gasteiger partial charge in [-0.15, -0.1) is 0 Å². The minimum Gasteiger partial charge on any atom is -0.461 e. The van der Waals surface area contributed by atoms with Crippen molar-refractivity contribution in [1.82, 2.24) is 4.90 Å². The van der Waals surface area contributed by atoms with E-state index in [1.54, 1.807) is 25.1 Å². The van der Waals surface area contributed by atoms with Gasteiger partial charge in [-0.25, -0.2) is 4.79 Å². The second-order valence-corrected chi connectivity index (χ2v) is 7.29. The van der Waals surface area contributed by atoms with Crippen molar-refractivity contribution in [2.75, 3.05) is 38.3 Å². The Bertz CT molecular complexity index is 926. The minimum atomic E-state index is -0.520. The van der Waals surface area contributed by atoms with Crippen LogP contribution in [0.1, 0.15) is 12.5 Å². The fraction of sp³-hybridized carbons (Fsp3) is 0.273. The summed E-state index contributed by atoms with van der Waals surface area (Å²) in [4.78, 5) is 14.9. The van der Waals surface area contributed by atoms with Crippen molar-refractivity contribution in [3.05, 3.63) is 70.3 Å². The fourth-order valence-electron chi connectivity index (χ4n) is 2.88. The number of carbonyl (C=O) groups excluding carboxylic acids is 1. The zero-order valence-corrected chi connectivity index (χ0v) is 18.1. The standard InChI is InChI=1S/C22H23Cl2N3O3/c1-2-30-22(28)21(26-25-17-8-9-19(23)20(24)14-17)18(16-6-4-3-5-7-16)15-27-10-12-29-13-11-27/h3-9,14-15,25H,2,10-13H2,1H3. The Morgan fingerprint density at radius 3 is 2.57 bits per heavy atom. The molecule has 3 rings (SSSR count). The average Bonchev–Trinajstić information content (AvgIpc) is 2.77. The summed E-state index contributed by atoms with van der Waals surface area (Å²) in [5, 5.41) is 5.22. The molecule has 6 nitrogen and oxygen atoms in total. The molecule has 1 aliphatic rings. The highest BCUT2D eigenvalue weighted by Gasteiger charge is 2.22. The van der Waals surface area contributed by atoms with Gasteiger partial charge in [-0.2, -0.15) is 5.10 Å². The van der Waals surface area contributed by atoms with Gasteiger partial charge < -0.3 is 14.4 Å². The van der Waals surface area contributed by atoms with Gasteiger partial charge in [0.25, 0.3) is 0 Å². The molecule has 0 bridgehead atoms. The van der Waals surface area contributed by atoms with E-state index in [2.05, 4.69) is 15.4 Å². The monoisotopic (exact) mass is 447 g/mol. The number of rotatable bonds is 7. The van der Waals surface area contributed by atoms with E-state index in [4.69, 9.17) is 32.7 Å². The number of hydrogen-bond acceptors (Lipinski definition) is 6. The lowest BCUT2D eigenvalue weighted by Gasteiger charge is -2.26. The quantitative estimate of drug-likeness (QED) is 0.378. The van der Waals surface area contributed by atoms with E-state index in [1.165, 1.54) is 0 Å². The first-order valence-electron chi connectivity index (χ1n) is 9.63. The van der Waals surface area contributed by atoms with Crippen LogP contribution in [-0.4, -0.2) is 49.5 Å². The van der Waals surface area contributed by atoms with Crippen molar-refractivity contribution in [2.45, 2.75) is 6.92 Å². The van der Waals surface area contributed by atoms with E-state index in [-0.39, 0.29) is 12.3 Å². The highest BCUT2D eigenvalue weighted by atomic mass is 35.5. The fourth-order valence-corrected chi connectivity index (χ4v) is 3.18. The molecule has 158 valence electrons. The topological polar surface area (TPSA) is 63.2 Å². The van der Waals surface area contributed by atoms with Gasteiger partial charge in [0.1, 0.15) is 0 Å². The van der Waals surface area contributed by atoms with Crippen molar-refractivity contribution in [3.63, 3.8) is 0 Å². The van der Waals surface area contributed by atoms with Gasteiger partial charge in [0.2, 0.25) is 0 Å². The minimum absolute atomic E-state index is 0.167. The molecule has 2 aromatic rings. The van der Waals surface area contributed by atoms with Crippen LogP contribution in [0, 0.1) is 0 Å². The van der Waals surface area contributed by atoms with Crippen molar-refractivity contribution >= 4 is 46.1 Å². The predicted molar refractivity (Wildman–Crippen MR) is 121 cm³/mol. The van der Waals surface area contributed by atoms with Crippen molar-refractivity contribution < 1.29 is 14.3 Å². The molecule has 30 heavy (non-hydrogen) atoms. The van der Waals surface area contributed by atoms with Gasteiger partial charge in [-0.1, -0.05) is 53.5 Å². The molecule has 2 aromatic carbocycles. The number of nitrogens with one attached hydrogen (secondary N) is 1. The molecule has 0 spiro atoms. The number of esters is 1. The number of hydrazone groups is 1. The molecule has 0 amide bonds. The highest BCUT2D eigenvalue weighted by Crippen LogP contribution is 2.25. The van der Waals surface area contributed by atoms with Crippen LogP contribution in [0.15, 0.2) is 59.8 Å². The number of anilines is 1.